The number of hydrogen-bond donors (Lipinski definition) is 2. The van der Waals surface area contributed by atoms with Crippen molar-refractivity contribution in [1.29, 1.82) is 0 Å². The summed E-state index contributed by atoms with van der Waals surface area (Å²) in [5, 5.41) is 20.3. The normalized spacial score (nSPS) is 18.0. The summed E-state index contributed by atoms with van der Waals surface area (Å²) in [6.45, 7) is 1.19. The quantitative estimate of drug-likeness (QED) is 0.609. The average molecular weight is 432 g/mol. The number of carbonyl (C=O) groups is 1. The molecule has 7 nitrogen and oxygen atoms in total. The molecule has 0 saturated carbocycles. The van der Waals surface area contributed by atoms with Gasteiger partial charge in [0.25, 0.3) is 0 Å². The topological polar surface area (TPSA) is 104 Å². The third-order valence-corrected chi connectivity index (χ3v) is 6.34. The smallest absolute Gasteiger partial charge is 0.196 e. The molecule has 0 bridgehead atoms. The van der Waals surface area contributed by atoms with Crippen molar-refractivity contribution in [2.75, 3.05) is 33.6 Å². The molecule has 9 heteroatoms. The van der Waals surface area contributed by atoms with E-state index in [2.05, 4.69) is 0 Å². The zero-order chi connectivity index (χ0) is 21.1. The third kappa shape index (κ3) is 5.12. The molecular weight excluding hydrogens is 406 g/mol. The van der Waals surface area contributed by atoms with Gasteiger partial charge in [-0.25, -0.2) is 8.42 Å². The Balaban J connectivity index is 2.53. The second-order valence-electron chi connectivity index (χ2n) is 7.00. The molecule has 0 aliphatic heterocycles. The number of likely N-dealkylation sites (N-methyl/N-ethyl adjacent to an activating group) is 1. The lowest BCUT2D eigenvalue weighted by molar-refractivity contribution is 0.0953. The third-order valence-electron chi connectivity index (χ3n) is 4.73. The van der Waals surface area contributed by atoms with E-state index >= 15 is 0 Å². The van der Waals surface area contributed by atoms with E-state index in [1.54, 1.807) is 14.2 Å². The van der Waals surface area contributed by atoms with Crippen LogP contribution in [0.15, 0.2) is 28.4 Å². The molecule has 0 fully saturated rings. The van der Waals surface area contributed by atoms with Crippen LogP contribution in [0.4, 0.5) is 0 Å². The van der Waals surface area contributed by atoms with E-state index in [0.29, 0.717) is 38.0 Å². The number of ketones is 1. The molecule has 1 aliphatic rings. The minimum absolute atomic E-state index is 0.00950. The first-order valence-electron chi connectivity index (χ1n) is 8.91. The van der Waals surface area contributed by atoms with Crippen molar-refractivity contribution in [2.24, 2.45) is 0 Å². The number of halogens is 1. The molecule has 1 atom stereocenters. The number of aliphatic hydroxyl groups is 2. The maximum absolute atomic E-state index is 13.0. The zero-order valence-electron chi connectivity index (χ0n) is 16.2. The number of benzene rings is 1. The van der Waals surface area contributed by atoms with E-state index < -0.39 is 21.7 Å². The van der Waals surface area contributed by atoms with E-state index in [-0.39, 0.29) is 33.4 Å². The second-order valence-corrected chi connectivity index (χ2v) is 9.37. The van der Waals surface area contributed by atoms with Gasteiger partial charge in [0.1, 0.15) is 5.76 Å². The van der Waals surface area contributed by atoms with Gasteiger partial charge < -0.3 is 14.9 Å². The van der Waals surface area contributed by atoms with Crippen molar-refractivity contribution in [3.05, 3.63) is 39.6 Å². The van der Waals surface area contributed by atoms with E-state index in [1.165, 1.54) is 12.1 Å². The number of sulfone groups is 1. The van der Waals surface area contributed by atoms with Gasteiger partial charge in [0.05, 0.1) is 28.2 Å². The van der Waals surface area contributed by atoms with Gasteiger partial charge >= 0.3 is 0 Å². The lowest BCUT2D eigenvalue weighted by Crippen LogP contribution is -2.26. The molecule has 156 valence electrons. The fourth-order valence-corrected chi connectivity index (χ4v) is 4.53. The summed E-state index contributed by atoms with van der Waals surface area (Å²) >= 11 is 6.48. The summed E-state index contributed by atoms with van der Waals surface area (Å²) in [7, 11) is -0.221. The van der Waals surface area contributed by atoms with Crippen LogP contribution >= 0.6 is 11.6 Å². The molecule has 0 radical (unpaired) electrons. The van der Waals surface area contributed by atoms with E-state index in [0.717, 1.165) is 6.26 Å². The molecular formula is C19H26ClNO6S. The fraction of sp³-hybridized carbons (Fsp3) is 0.526. The van der Waals surface area contributed by atoms with Crippen LogP contribution in [-0.2, 0) is 21.1 Å². The molecule has 2 rings (SSSR count). The van der Waals surface area contributed by atoms with Gasteiger partial charge in [-0.05, 0) is 32.0 Å². The Morgan fingerprint density at radius 1 is 1.39 bits per heavy atom. The highest BCUT2D eigenvalue weighted by Gasteiger charge is 2.30. The minimum atomic E-state index is -3.58. The largest absolute Gasteiger partial charge is 0.512 e. The van der Waals surface area contributed by atoms with E-state index in [4.69, 9.17) is 16.3 Å². The van der Waals surface area contributed by atoms with Crippen molar-refractivity contribution in [3.63, 3.8) is 0 Å². The minimum Gasteiger partial charge on any atom is -0.512 e. The van der Waals surface area contributed by atoms with Gasteiger partial charge in [0.15, 0.2) is 15.6 Å². The van der Waals surface area contributed by atoms with Crippen molar-refractivity contribution in [1.82, 2.24) is 4.90 Å². The number of ether oxygens (including phenoxy) is 1. The molecule has 1 aromatic rings. The second kappa shape index (κ2) is 9.37. The summed E-state index contributed by atoms with van der Waals surface area (Å²) in [4.78, 5) is 14.8. The molecule has 2 N–H and O–H groups in total. The zero-order valence-corrected chi connectivity index (χ0v) is 17.8. The van der Waals surface area contributed by atoms with Crippen LogP contribution in [0.2, 0.25) is 5.02 Å². The molecule has 0 saturated heterocycles. The first-order valence-corrected chi connectivity index (χ1v) is 11.2. The first-order chi connectivity index (χ1) is 13.1. The molecule has 0 amide bonds. The van der Waals surface area contributed by atoms with Gasteiger partial charge in [0.2, 0.25) is 0 Å². The lowest BCUT2D eigenvalue weighted by Gasteiger charge is -2.23. The number of Topliss-reactive ketones (excluding diaryl/α,β-unsaturated/α-hetero) is 1. The fourth-order valence-electron chi connectivity index (χ4n) is 3.23. The van der Waals surface area contributed by atoms with Crippen LogP contribution in [0.25, 0.3) is 0 Å². The number of hydrogen-bond acceptors (Lipinski definition) is 7. The van der Waals surface area contributed by atoms with Crippen molar-refractivity contribution in [3.8, 4) is 0 Å². The Morgan fingerprint density at radius 2 is 2.07 bits per heavy atom. The number of allylic oxidation sites excluding steroid dienone is 1. The monoisotopic (exact) mass is 431 g/mol. The highest BCUT2D eigenvalue weighted by molar-refractivity contribution is 7.90. The number of methoxy groups -OCH3 is 1. The van der Waals surface area contributed by atoms with Crippen LogP contribution in [0, 0.1) is 0 Å². The SMILES string of the molecule is COCCN(C)Cc1c(S(C)(=O)=O)ccc(C(=O)C2=C(O)CCCC2O)c1Cl. The summed E-state index contributed by atoms with van der Waals surface area (Å²) in [5.74, 6) is -0.735. The summed E-state index contributed by atoms with van der Waals surface area (Å²) < 4.78 is 29.5. The molecule has 0 aromatic heterocycles. The van der Waals surface area contributed by atoms with Crippen LogP contribution in [0.1, 0.15) is 35.2 Å². The molecule has 1 aliphatic carbocycles. The van der Waals surface area contributed by atoms with Gasteiger partial charge in [-0.3, -0.25) is 9.69 Å². The lowest BCUT2D eigenvalue weighted by atomic mass is 9.88. The maximum atomic E-state index is 13.0. The standard InChI is InChI=1S/C19H26ClNO6S/c1-21(9-10-27-2)11-13-16(28(3,25)26)8-7-12(18(13)20)19(24)17-14(22)5-4-6-15(17)23/h7-8,14,22-23H,4-6,9-11H2,1-3H3. The summed E-state index contributed by atoms with van der Waals surface area (Å²) in [6.07, 6.45) is 1.28. The Morgan fingerprint density at radius 3 is 2.64 bits per heavy atom. The molecule has 1 aromatic carbocycles. The van der Waals surface area contributed by atoms with Crippen LogP contribution in [0.5, 0.6) is 0 Å². The van der Waals surface area contributed by atoms with Crippen molar-refractivity contribution in [2.45, 2.75) is 36.8 Å². The summed E-state index contributed by atoms with van der Waals surface area (Å²) in [6, 6.07) is 2.68. The first kappa shape index (κ1) is 22.8. The molecule has 28 heavy (non-hydrogen) atoms. The Labute approximate surface area is 170 Å². The van der Waals surface area contributed by atoms with Crippen molar-refractivity contribution >= 4 is 27.2 Å². The van der Waals surface area contributed by atoms with Gasteiger partial charge in [-0.15, -0.1) is 0 Å². The molecule has 0 spiro atoms. The summed E-state index contributed by atoms with van der Waals surface area (Å²) in [5.41, 5.74) is 0.296. The van der Waals surface area contributed by atoms with Crippen LogP contribution < -0.4 is 0 Å². The van der Waals surface area contributed by atoms with Gasteiger partial charge in [-0.1, -0.05) is 11.6 Å². The Kier molecular flexibility index (Phi) is 7.64. The average Bonchev–Trinajstić information content (AvgIpc) is 2.60. The van der Waals surface area contributed by atoms with Crippen LogP contribution in [-0.4, -0.2) is 69.0 Å². The van der Waals surface area contributed by atoms with Crippen LogP contribution in [0.3, 0.4) is 0 Å². The maximum Gasteiger partial charge on any atom is 0.196 e. The van der Waals surface area contributed by atoms with Gasteiger partial charge in [0, 0.05) is 44.0 Å². The van der Waals surface area contributed by atoms with E-state index in [1.807, 2.05) is 4.90 Å². The predicted octanol–water partition coefficient (Wildman–Crippen LogP) is 2.36. The van der Waals surface area contributed by atoms with Gasteiger partial charge in [-0.2, -0.15) is 0 Å². The Hall–Kier alpha value is -1.45. The molecule has 1 unspecified atom stereocenters. The van der Waals surface area contributed by atoms with E-state index in [9.17, 15) is 23.4 Å². The number of rotatable bonds is 8. The number of aliphatic hydroxyl groups excluding tert-OH is 2. The highest BCUT2D eigenvalue weighted by atomic mass is 35.5. The predicted molar refractivity (Wildman–Crippen MR) is 107 cm³/mol. The van der Waals surface area contributed by atoms with Crippen molar-refractivity contribution < 1.29 is 28.2 Å². The molecule has 0 heterocycles. The number of nitrogens with zero attached hydrogens (tertiary/aromatic N) is 1. The Bertz CT molecular complexity index is 881. The highest BCUT2D eigenvalue weighted by Crippen LogP contribution is 2.33. The number of carbonyl (C=O) groups excluding carboxylic acids is 1.